The fourth-order valence-electron chi connectivity index (χ4n) is 2.78. The molecule has 2 atom stereocenters. The second-order valence-corrected chi connectivity index (χ2v) is 6.50. The SMILES string of the molecule is CCC(C)(C)c1ccc(OC)c(C2CC(C)CN2)c1. The van der Waals surface area contributed by atoms with Gasteiger partial charge in [0.25, 0.3) is 0 Å². The summed E-state index contributed by atoms with van der Waals surface area (Å²) in [7, 11) is 1.77. The zero-order chi connectivity index (χ0) is 14.0. The van der Waals surface area contributed by atoms with Crippen molar-refractivity contribution in [1.82, 2.24) is 5.32 Å². The minimum absolute atomic E-state index is 0.227. The second kappa shape index (κ2) is 5.54. The van der Waals surface area contributed by atoms with Gasteiger partial charge in [-0.1, -0.05) is 33.8 Å². The van der Waals surface area contributed by atoms with Gasteiger partial charge < -0.3 is 10.1 Å². The molecule has 1 aliphatic heterocycles. The van der Waals surface area contributed by atoms with Crippen LogP contribution in [0, 0.1) is 5.92 Å². The van der Waals surface area contributed by atoms with Gasteiger partial charge in [-0.25, -0.2) is 0 Å². The highest BCUT2D eigenvalue weighted by Crippen LogP contribution is 2.37. The number of ether oxygens (including phenoxy) is 1. The van der Waals surface area contributed by atoms with Crippen molar-refractivity contribution < 1.29 is 4.74 Å². The van der Waals surface area contributed by atoms with E-state index in [1.807, 2.05) is 0 Å². The summed E-state index contributed by atoms with van der Waals surface area (Å²) in [6.07, 6.45) is 2.35. The predicted molar refractivity (Wildman–Crippen MR) is 80.8 cm³/mol. The largest absolute Gasteiger partial charge is 0.496 e. The highest BCUT2D eigenvalue weighted by molar-refractivity contribution is 5.42. The van der Waals surface area contributed by atoms with Crippen LogP contribution >= 0.6 is 0 Å². The molecular weight excluding hydrogens is 234 g/mol. The van der Waals surface area contributed by atoms with E-state index < -0.39 is 0 Å². The molecule has 2 nitrogen and oxygen atoms in total. The Hall–Kier alpha value is -1.02. The topological polar surface area (TPSA) is 21.3 Å². The molecule has 0 spiro atoms. The van der Waals surface area contributed by atoms with Crippen molar-refractivity contribution in [2.45, 2.75) is 52.0 Å². The maximum absolute atomic E-state index is 5.55. The van der Waals surface area contributed by atoms with Crippen LogP contribution in [0.2, 0.25) is 0 Å². The van der Waals surface area contributed by atoms with E-state index in [2.05, 4.69) is 51.2 Å². The molecule has 0 amide bonds. The molecule has 1 saturated heterocycles. The van der Waals surface area contributed by atoms with E-state index >= 15 is 0 Å². The van der Waals surface area contributed by atoms with E-state index in [1.54, 1.807) is 7.11 Å². The van der Waals surface area contributed by atoms with Gasteiger partial charge in [-0.3, -0.25) is 0 Å². The summed E-state index contributed by atoms with van der Waals surface area (Å²) in [5, 5.41) is 3.61. The number of rotatable bonds is 4. The summed E-state index contributed by atoms with van der Waals surface area (Å²) in [5.41, 5.74) is 2.96. The van der Waals surface area contributed by atoms with Crippen LogP contribution in [0.3, 0.4) is 0 Å². The molecule has 1 aliphatic rings. The van der Waals surface area contributed by atoms with Crippen molar-refractivity contribution in [2.75, 3.05) is 13.7 Å². The molecule has 0 bridgehead atoms. The van der Waals surface area contributed by atoms with Crippen LogP contribution in [0.25, 0.3) is 0 Å². The standard InChI is InChI=1S/C17H27NO/c1-6-17(3,4)13-7-8-16(19-5)14(10-13)15-9-12(2)11-18-15/h7-8,10,12,15,18H,6,9,11H2,1-5H3. The fraction of sp³-hybridized carbons (Fsp3) is 0.647. The molecule has 1 fully saturated rings. The van der Waals surface area contributed by atoms with Crippen LogP contribution in [-0.4, -0.2) is 13.7 Å². The Bertz CT molecular complexity index is 439. The Morgan fingerprint density at radius 2 is 2.11 bits per heavy atom. The van der Waals surface area contributed by atoms with Crippen LogP contribution in [0.4, 0.5) is 0 Å². The van der Waals surface area contributed by atoms with Crippen molar-refractivity contribution in [2.24, 2.45) is 5.92 Å². The summed E-state index contributed by atoms with van der Waals surface area (Å²) in [4.78, 5) is 0. The molecule has 19 heavy (non-hydrogen) atoms. The van der Waals surface area contributed by atoms with Crippen LogP contribution in [0.5, 0.6) is 5.75 Å². The maximum Gasteiger partial charge on any atom is 0.123 e. The Morgan fingerprint density at radius 1 is 1.37 bits per heavy atom. The van der Waals surface area contributed by atoms with E-state index in [0.717, 1.165) is 24.6 Å². The van der Waals surface area contributed by atoms with Crippen molar-refractivity contribution in [3.63, 3.8) is 0 Å². The lowest BCUT2D eigenvalue weighted by atomic mass is 9.81. The smallest absolute Gasteiger partial charge is 0.123 e. The van der Waals surface area contributed by atoms with E-state index in [1.165, 1.54) is 17.5 Å². The Kier molecular flexibility index (Phi) is 4.19. The predicted octanol–water partition coefficient (Wildman–Crippen LogP) is 4.05. The van der Waals surface area contributed by atoms with Crippen LogP contribution in [0.15, 0.2) is 18.2 Å². The van der Waals surface area contributed by atoms with E-state index in [9.17, 15) is 0 Å². The van der Waals surface area contributed by atoms with Gasteiger partial charge in [0, 0.05) is 11.6 Å². The third kappa shape index (κ3) is 2.94. The minimum atomic E-state index is 0.227. The van der Waals surface area contributed by atoms with Crippen LogP contribution in [-0.2, 0) is 5.41 Å². The Morgan fingerprint density at radius 3 is 2.63 bits per heavy atom. The van der Waals surface area contributed by atoms with Gasteiger partial charge in [0.05, 0.1) is 7.11 Å². The molecule has 1 heterocycles. The summed E-state index contributed by atoms with van der Waals surface area (Å²) in [5.74, 6) is 1.76. The fourth-order valence-corrected chi connectivity index (χ4v) is 2.78. The third-order valence-electron chi connectivity index (χ3n) is 4.62. The quantitative estimate of drug-likeness (QED) is 0.882. The molecule has 0 aliphatic carbocycles. The normalized spacial score (nSPS) is 23.6. The number of methoxy groups -OCH3 is 1. The highest BCUT2D eigenvalue weighted by atomic mass is 16.5. The first-order valence-electron chi connectivity index (χ1n) is 7.39. The average Bonchev–Trinajstić information content (AvgIpc) is 2.84. The van der Waals surface area contributed by atoms with Crippen molar-refractivity contribution >= 4 is 0 Å². The molecule has 2 rings (SSSR count). The van der Waals surface area contributed by atoms with E-state index in [0.29, 0.717) is 6.04 Å². The van der Waals surface area contributed by atoms with Gasteiger partial charge in [0.2, 0.25) is 0 Å². The monoisotopic (exact) mass is 261 g/mol. The van der Waals surface area contributed by atoms with Gasteiger partial charge in [0.1, 0.15) is 5.75 Å². The number of hydrogen-bond acceptors (Lipinski definition) is 2. The van der Waals surface area contributed by atoms with E-state index in [4.69, 9.17) is 4.74 Å². The molecule has 1 N–H and O–H groups in total. The molecule has 0 saturated carbocycles. The average molecular weight is 261 g/mol. The van der Waals surface area contributed by atoms with Crippen molar-refractivity contribution in [1.29, 1.82) is 0 Å². The van der Waals surface area contributed by atoms with Gasteiger partial charge in [-0.05, 0) is 48.4 Å². The first-order valence-corrected chi connectivity index (χ1v) is 7.39. The van der Waals surface area contributed by atoms with Gasteiger partial charge in [-0.15, -0.1) is 0 Å². The lowest BCUT2D eigenvalue weighted by molar-refractivity contribution is 0.401. The van der Waals surface area contributed by atoms with Gasteiger partial charge >= 0.3 is 0 Å². The summed E-state index contributed by atoms with van der Waals surface area (Å²) in [6.45, 7) is 10.3. The lowest BCUT2D eigenvalue weighted by Crippen LogP contribution is -2.18. The molecular formula is C17H27NO. The number of benzene rings is 1. The lowest BCUT2D eigenvalue weighted by Gasteiger charge is -2.26. The number of nitrogens with one attached hydrogen (secondary N) is 1. The van der Waals surface area contributed by atoms with Crippen molar-refractivity contribution in [3.05, 3.63) is 29.3 Å². The number of hydrogen-bond donors (Lipinski definition) is 1. The minimum Gasteiger partial charge on any atom is -0.496 e. The second-order valence-electron chi connectivity index (χ2n) is 6.50. The van der Waals surface area contributed by atoms with Gasteiger partial charge in [-0.2, -0.15) is 0 Å². The van der Waals surface area contributed by atoms with Gasteiger partial charge in [0.15, 0.2) is 0 Å². The van der Waals surface area contributed by atoms with Crippen LogP contribution < -0.4 is 10.1 Å². The zero-order valence-corrected chi connectivity index (χ0v) is 12.9. The zero-order valence-electron chi connectivity index (χ0n) is 12.9. The summed E-state index contributed by atoms with van der Waals surface area (Å²) in [6, 6.07) is 7.13. The first kappa shape index (κ1) is 14.4. The molecule has 1 aromatic carbocycles. The molecule has 2 heteroatoms. The van der Waals surface area contributed by atoms with Crippen LogP contribution in [0.1, 0.15) is 57.7 Å². The molecule has 106 valence electrons. The third-order valence-corrected chi connectivity index (χ3v) is 4.62. The van der Waals surface area contributed by atoms with E-state index in [-0.39, 0.29) is 5.41 Å². The first-order chi connectivity index (χ1) is 8.97. The molecule has 0 aromatic heterocycles. The summed E-state index contributed by atoms with van der Waals surface area (Å²) >= 11 is 0. The Balaban J connectivity index is 2.37. The molecule has 1 aromatic rings. The molecule has 0 radical (unpaired) electrons. The Labute approximate surface area is 117 Å². The summed E-state index contributed by atoms with van der Waals surface area (Å²) < 4.78 is 5.55. The van der Waals surface area contributed by atoms with Crippen molar-refractivity contribution in [3.8, 4) is 5.75 Å². The highest BCUT2D eigenvalue weighted by Gasteiger charge is 2.27. The maximum atomic E-state index is 5.55. The molecule has 2 unspecified atom stereocenters.